The number of benzene rings is 1. The van der Waals surface area contributed by atoms with Gasteiger partial charge in [0.25, 0.3) is 0 Å². The van der Waals surface area contributed by atoms with E-state index in [2.05, 4.69) is 4.90 Å². The van der Waals surface area contributed by atoms with Gasteiger partial charge in [0, 0.05) is 39.1 Å². The van der Waals surface area contributed by atoms with E-state index >= 15 is 0 Å². The fourth-order valence-corrected chi connectivity index (χ4v) is 4.24. The first kappa shape index (κ1) is 19.6. The summed E-state index contributed by atoms with van der Waals surface area (Å²) in [4.78, 5) is 28.8. The molecule has 2 aliphatic rings. The van der Waals surface area contributed by atoms with Crippen LogP contribution >= 0.6 is 0 Å². The lowest BCUT2D eigenvalue weighted by molar-refractivity contribution is -0.167. The molecule has 1 saturated heterocycles. The van der Waals surface area contributed by atoms with Gasteiger partial charge in [0.15, 0.2) is 5.54 Å². The van der Waals surface area contributed by atoms with Crippen molar-refractivity contribution in [1.82, 2.24) is 9.80 Å². The topological polar surface area (TPSA) is 96.1 Å². The Morgan fingerprint density at radius 3 is 2.52 bits per heavy atom. The van der Waals surface area contributed by atoms with Gasteiger partial charge in [0.1, 0.15) is 6.10 Å². The third kappa shape index (κ3) is 4.42. The van der Waals surface area contributed by atoms with Crippen molar-refractivity contribution >= 4 is 12.1 Å². The summed E-state index contributed by atoms with van der Waals surface area (Å²) in [6.45, 7) is 2.22. The summed E-state index contributed by atoms with van der Waals surface area (Å²) in [5.41, 5.74) is 5.39. The summed E-state index contributed by atoms with van der Waals surface area (Å²) in [6.07, 6.45) is 2.91. The van der Waals surface area contributed by atoms with E-state index in [4.69, 9.17) is 10.5 Å². The number of carboxylic acid groups (broad SMARTS) is 1. The number of carbonyl (C=O) groups excluding carboxylic acids is 1. The van der Waals surface area contributed by atoms with Gasteiger partial charge in [-0.1, -0.05) is 30.3 Å². The molecule has 148 valence electrons. The molecule has 0 spiro atoms. The number of rotatable bonds is 6. The zero-order valence-electron chi connectivity index (χ0n) is 15.7. The largest absolute Gasteiger partial charge is 0.465 e. The molecule has 1 unspecified atom stereocenters. The maximum absolute atomic E-state index is 13.4. The molecular weight excluding hydrogens is 346 g/mol. The first-order valence-corrected chi connectivity index (χ1v) is 9.73. The molecule has 1 heterocycles. The lowest BCUT2D eigenvalue weighted by atomic mass is 9.86. The maximum atomic E-state index is 13.4. The Bertz CT molecular complexity index is 648. The van der Waals surface area contributed by atoms with Gasteiger partial charge in [-0.05, 0) is 31.2 Å². The first-order chi connectivity index (χ1) is 13.0. The highest BCUT2D eigenvalue weighted by atomic mass is 16.5. The van der Waals surface area contributed by atoms with Crippen LogP contribution in [0.15, 0.2) is 30.3 Å². The molecule has 7 nitrogen and oxygen atoms in total. The molecule has 3 N–H and O–H groups in total. The van der Waals surface area contributed by atoms with Gasteiger partial charge in [0.05, 0.1) is 0 Å². The molecule has 1 aliphatic heterocycles. The van der Waals surface area contributed by atoms with Gasteiger partial charge in [-0.3, -0.25) is 9.80 Å². The summed E-state index contributed by atoms with van der Waals surface area (Å²) in [5.74, 6) is -0.428. The molecule has 1 aliphatic carbocycles. The molecule has 0 radical (unpaired) electrons. The van der Waals surface area contributed by atoms with Crippen LogP contribution in [0.1, 0.15) is 31.2 Å². The normalized spacial score (nSPS) is 24.1. The number of esters is 1. The summed E-state index contributed by atoms with van der Waals surface area (Å²) in [6, 6.07) is 9.55. The van der Waals surface area contributed by atoms with Gasteiger partial charge >= 0.3 is 12.1 Å². The fourth-order valence-electron chi connectivity index (χ4n) is 4.24. The van der Waals surface area contributed by atoms with Crippen molar-refractivity contribution < 1.29 is 19.4 Å². The van der Waals surface area contributed by atoms with Crippen LogP contribution in [0.2, 0.25) is 0 Å². The molecule has 1 atom stereocenters. The van der Waals surface area contributed by atoms with Gasteiger partial charge in [-0.25, -0.2) is 9.59 Å². The second-order valence-corrected chi connectivity index (χ2v) is 7.50. The average Bonchev–Trinajstić information content (AvgIpc) is 3.15. The smallest absolute Gasteiger partial charge is 0.408 e. The van der Waals surface area contributed by atoms with Crippen molar-refractivity contribution in [2.24, 2.45) is 5.73 Å². The highest BCUT2D eigenvalue weighted by molar-refractivity contribution is 5.86. The van der Waals surface area contributed by atoms with E-state index in [0.717, 1.165) is 31.2 Å². The van der Waals surface area contributed by atoms with Crippen LogP contribution < -0.4 is 5.73 Å². The molecular formula is C20H29N3O4. The van der Waals surface area contributed by atoms with Crippen LogP contribution in [0.3, 0.4) is 0 Å². The Hall–Kier alpha value is -2.12. The van der Waals surface area contributed by atoms with Crippen LogP contribution in [0, 0.1) is 0 Å². The number of nitrogens with two attached hydrogens (primary N) is 1. The lowest BCUT2D eigenvalue weighted by Crippen LogP contribution is -2.69. The monoisotopic (exact) mass is 375 g/mol. The molecule has 0 bridgehead atoms. The van der Waals surface area contributed by atoms with Crippen molar-refractivity contribution in [1.29, 1.82) is 0 Å². The van der Waals surface area contributed by atoms with Crippen molar-refractivity contribution in [2.75, 3.05) is 32.7 Å². The van der Waals surface area contributed by atoms with E-state index in [9.17, 15) is 14.7 Å². The number of amides is 1. The molecule has 0 aromatic heterocycles. The average molecular weight is 375 g/mol. The number of ether oxygens (including phenoxy) is 1. The minimum absolute atomic E-state index is 0.106. The highest BCUT2D eigenvalue weighted by Crippen LogP contribution is 2.31. The molecule has 2 fully saturated rings. The van der Waals surface area contributed by atoms with Gasteiger partial charge < -0.3 is 15.6 Å². The maximum Gasteiger partial charge on any atom is 0.408 e. The highest BCUT2D eigenvalue weighted by Gasteiger charge is 2.52. The van der Waals surface area contributed by atoms with E-state index in [-0.39, 0.29) is 12.6 Å². The van der Waals surface area contributed by atoms with Crippen molar-refractivity contribution in [3.63, 3.8) is 0 Å². The van der Waals surface area contributed by atoms with Gasteiger partial charge in [0.2, 0.25) is 0 Å². The van der Waals surface area contributed by atoms with Crippen molar-refractivity contribution in [3.8, 4) is 0 Å². The second-order valence-electron chi connectivity index (χ2n) is 7.50. The fraction of sp³-hybridized carbons (Fsp3) is 0.600. The summed E-state index contributed by atoms with van der Waals surface area (Å²) in [5, 5.41) is 9.85. The molecule has 1 aromatic carbocycles. The SMILES string of the molecule is NCCN1CCN(C(=O)O)C(Cc2ccccc2)(C(=O)OC2CCCC2)C1. The van der Waals surface area contributed by atoms with E-state index in [1.807, 2.05) is 30.3 Å². The summed E-state index contributed by atoms with van der Waals surface area (Å²) in [7, 11) is 0. The molecule has 27 heavy (non-hydrogen) atoms. The van der Waals surface area contributed by atoms with Crippen molar-refractivity contribution in [2.45, 2.75) is 43.7 Å². The van der Waals surface area contributed by atoms with Crippen LogP contribution in [-0.2, 0) is 16.0 Å². The van der Waals surface area contributed by atoms with E-state index in [1.54, 1.807) is 0 Å². The number of piperazine rings is 1. The molecule has 7 heteroatoms. The summed E-state index contributed by atoms with van der Waals surface area (Å²) >= 11 is 0. The number of nitrogens with zero attached hydrogens (tertiary/aromatic N) is 2. The van der Waals surface area contributed by atoms with Gasteiger partial charge in [-0.2, -0.15) is 0 Å². The standard InChI is InChI=1S/C20H29N3O4/c21-10-11-22-12-13-23(19(25)26)20(15-22,14-16-6-2-1-3-7-16)18(24)27-17-8-4-5-9-17/h1-3,6-7,17H,4-5,8-15,21H2,(H,25,26). The third-order valence-electron chi connectivity index (χ3n) is 5.61. The van der Waals surface area contributed by atoms with Crippen LogP contribution in [0.25, 0.3) is 0 Å². The summed E-state index contributed by atoms with van der Waals surface area (Å²) < 4.78 is 5.83. The lowest BCUT2D eigenvalue weighted by Gasteiger charge is -2.48. The zero-order valence-corrected chi connectivity index (χ0v) is 15.7. The Kier molecular flexibility index (Phi) is 6.34. The van der Waals surface area contributed by atoms with Crippen LogP contribution in [-0.4, -0.2) is 71.3 Å². The van der Waals surface area contributed by atoms with Crippen molar-refractivity contribution in [3.05, 3.63) is 35.9 Å². The number of hydrogen-bond acceptors (Lipinski definition) is 5. The molecule has 1 amide bonds. The van der Waals surface area contributed by atoms with E-state index < -0.39 is 17.6 Å². The Morgan fingerprint density at radius 2 is 1.89 bits per heavy atom. The quantitative estimate of drug-likeness (QED) is 0.735. The zero-order chi connectivity index (χ0) is 19.3. The Labute approximate surface area is 160 Å². The molecule has 1 saturated carbocycles. The second kappa shape index (κ2) is 8.71. The van der Waals surface area contributed by atoms with E-state index in [1.165, 1.54) is 4.90 Å². The predicted molar refractivity (Wildman–Crippen MR) is 101 cm³/mol. The minimum atomic E-state index is -1.25. The molecule has 3 rings (SSSR count). The van der Waals surface area contributed by atoms with Gasteiger partial charge in [-0.15, -0.1) is 0 Å². The van der Waals surface area contributed by atoms with Crippen LogP contribution in [0.5, 0.6) is 0 Å². The number of carbonyl (C=O) groups is 2. The Balaban J connectivity index is 1.93. The predicted octanol–water partition coefficient (Wildman–Crippen LogP) is 1.71. The Morgan fingerprint density at radius 1 is 1.19 bits per heavy atom. The molecule has 1 aromatic rings. The first-order valence-electron chi connectivity index (χ1n) is 9.73. The van der Waals surface area contributed by atoms with E-state index in [0.29, 0.717) is 32.6 Å². The third-order valence-corrected chi connectivity index (χ3v) is 5.61. The minimum Gasteiger partial charge on any atom is -0.465 e. The number of hydrogen-bond donors (Lipinski definition) is 2. The van der Waals surface area contributed by atoms with Crippen LogP contribution in [0.4, 0.5) is 4.79 Å².